The van der Waals surface area contributed by atoms with Crippen molar-refractivity contribution in [2.75, 3.05) is 7.05 Å². The zero-order valence-electron chi connectivity index (χ0n) is 13.6. The summed E-state index contributed by atoms with van der Waals surface area (Å²) in [7, 11) is 1.74. The topological polar surface area (TPSA) is 49.9 Å². The Hall–Kier alpha value is -1.70. The molecule has 0 fully saturated rings. The van der Waals surface area contributed by atoms with Crippen LogP contribution in [-0.4, -0.2) is 23.0 Å². The van der Waals surface area contributed by atoms with Gasteiger partial charge in [-0.2, -0.15) is 5.10 Å². The molecule has 7 heteroatoms. The largest absolute Gasteiger partial charge is 0.506 e. The number of aryl methyl sites for hydroxylation is 1. The van der Waals surface area contributed by atoms with Gasteiger partial charge in [0.15, 0.2) is 0 Å². The van der Waals surface area contributed by atoms with Crippen LogP contribution in [0.2, 0.25) is 0 Å². The van der Waals surface area contributed by atoms with E-state index in [2.05, 4.69) is 73.1 Å². The summed E-state index contributed by atoms with van der Waals surface area (Å²) in [5.74, 6) is 0.148. The monoisotopic (exact) mass is 479 g/mol. The van der Waals surface area contributed by atoms with Crippen molar-refractivity contribution in [3.63, 3.8) is 0 Å². The molecule has 0 saturated carbocycles. The van der Waals surface area contributed by atoms with Crippen molar-refractivity contribution in [3.8, 4) is 17.0 Å². The van der Waals surface area contributed by atoms with E-state index in [9.17, 15) is 5.11 Å². The van der Waals surface area contributed by atoms with E-state index in [0.717, 1.165) is 20.5 Å². The molecule has 0 radical (unpaired) electrons. The van der Waals surface area contributed by atoms with Gasteiger partial charge in [0.2, 0.25) is 4.80 Å². The van der Waals surface area contributed by atoms with E-state index in [0.29, 0.717) is 10.0 Å². The molecular weight excluding hydrogens is 466 g/mol. The Balaban J connectivity index is 2.09. The predicted octanol–water partition coefficient (Wildman–Crippen LogP) is 5.17. The van der Waals surface area contributed by atoms with Gasteiger partial charge in [0.05, 0.1) is 16.4 Å². The molecule has 1 heterocycles. The van der Waals surface area contributed by atoms with Gasteiger partial charge >= 0.3 is 0 Å². The molecule has 0 spiro atoms. The lowest BCUT2D eigenvalue weighted by Crippen LogP contribution is -2.11. The van der Waals surface area contributed by atoms with Crippen LogP contribution in [0.1, 0.15) is 11.1 Å². The molecule has 0 aliphatic carbocycles. The molecule has 0 aliphatic heterocycles. The van der Waals surface area contributed by atoms with Crippen molar-refractivity contribution in [2.24, 2.45) is 10.1 Å². The summed E-state index contributed by atoms with van der Waals surface area (Å²) in [6, 6.07) is 11.9. The van der Waals surface area contributed by atoms with Crippen molar-refractivity contribution >= 4 is 49.4 Å². The molecule has 0 aliphatic rings. The molecule has 3 rings (SSSR count). The summed E-state index contributed by atoms with van der Waals surface area (Å²) < 4.78 is 3.25. The van der Waals surface area contributed by atoms with Crippen molar-refractivity contribution in [1.29, 1.82) is 0 Å². The van der Waals surface area contributed by atoms with Crippen LogP contribution in [-0.2, 0) is 0 Å². The molecular formula is C18H15Br2N3OS. The number of aromatic nitrogens is 1. The lowest BCUT2D eigenvalue weighted by molar-refractivity contribution is 0.471. The number of phenols is 1. The molecule has 0 saturated heterocycles. The Morgan fingerprint density at radius 1 is 1.16 bits per heavy atom. The van der Waals surface area contributed by atoms with Crippen molar-refractivity contribution in [3.05, 3.63) is 66.7 Å². The number of hydrogen-bond donors (Lipinski definition) is 1. The molecule has 0 bridgehead atoms. The number of phenolic OH excluding ortho intramolecular Hbond substituents is 1. The highest BCUT2D eigenvalue weighted by molar-refractivity contribution is 9.11. The highest BCUT2D eigenvalue weighted by atomic mass is 79.9. The zero-order chi connectivity index (χ0) is 18.0. The minimum absolute atomic E-state index is 0.148. The third kappa shape index (κ3) is 3.94. The van der Waals surface area contributed by atoms with Gasteiger partial charge in [-0.05, 0) is 35.0 Å². The quantitative estimate of drug-likeness (QED) is 0.516. The number of halogens is 2. The first kappa shape index (κ1) is 18.1. The second-order valence-electron chi connectivity index (χ2n) is 5.37. The first-order chi connectivity index (χ1) is 12.0. The van der Waals surface area contributed by atoms with Crippen LogP contribution in [0, 0.1) is 6.92 Å². The number of thiazole rings is 1. The van der Waals surface area contributed by atoms with Gasteiger partial charge in [-0.15, -0.1) is 11.3 Å². The molecule has 2 aromatic carbocycles. The fourth-order valence-corrected chi connectivity index (χ4v) is 4.35. The van der Waals surface area contributed by atoms with Crippen LogP contribution in [0.5, 0.6) is 5.75 Å². The fraction of sp³-hybridized carbons (Fsp3) is 0.111. The van der Waals surface area contributed by atoms with E-state index in [1.807, 2.05) is 11.4 Å². The van der Waals surface area contributed by atoms with Crippen LogP contribution in [0.4, 0.5) is 0 Å². The van der Waals surface area contributed by atoms with E-state index in [4.69, 9.17) is 0 Å². The number of rotatable bonds is 3. The number of hydrogen-bond acceptors (Lipinski definition) is 4. The Kier molecular flexibility index (Phi) is 5.56. The lowest BCUT2D eigenvalue weighted by Gasteiger charge is -2.05. The van der Waals surface area contributed by atoms with Gasteiger partial charge in [-0.25, -0.2) is 4.68 Å². The van der Waals surface area contributed by atoms with Crippen LogP contribution < -0.4 is 4.80 Å². The molecule has 128 valence electrons. The number of benzene rings is 2. The van der Waals surface area contributed by atoms with Crippen molar-refractivity contribution in [1.82, 2.24) is 4.68 Å². The average Bonchev–Trinajstić information content (AvgIpc) is 3.00. The average molecular weight is 481 g/mol. The standard InChI is InChI=1S/C18H15Br2N3OS/c1-11-3-5-12(6-4-11)16-10-25-18(21-2)23(16)22-9-13-7-14(19)8-15(20)17(13)24/h3-10,24H,1-2H3. The zero-order valence-corrected chi connectivity index (χ0v) is 17.6. The Labute approximate surface area is 166 Å². The summed E-state index contributed by atoms with van der Waals surface area (Å²) in [4.78, 5) is 5.07. The maximum atomic E-state index is 10.2. The highest BCUT2D eigenvalue weighted by Crippen LogP contribution is 2.30. The summed E-state index contributed by atoms with van der Waals surface area (Å²) in [5, 5.41) is 16.8. The van der Waals surface area contributed by atoms with Gasteiger partial charge in [0.1, 0.15) is 5.75 Å². The van der Waals surface area contributed by atoms with Crippen LogP contribution in [0.3, 0.4) is 0 Å². The maximum absolute atomic E-state index is 10.2. The molecule has 25 heavy (non-hydrogen) atoms. The van der Waals surface area contributed by atoms with E-state index < -0.39 is 0 Å². The minimum atomic E-state index is 0.148. The molecule has 0 unspecified atom stereocenters. The predicted molar refractivity (Wildman–Crippen MR) is 110 cm³/mol. The van der Waals surface area contributed by atoms with E-state index in [1.54, 1.807) is 24.0 Å². The fourth-order valence-electron chi connectivity index (χ4n) is 2.29. The van der Waals surface area contributed by atoms with Crippen molar-refractivity contribution in [2.45, 2.75) is 6.92 Å². The molecule has 4 nitrogen and oxygen atoms in total. The summed E-state index contributed by atoms with van der Waals surface area (Å²) >= 11 is 8.29. The highest BCUT2D eigenvalue weighted by Gasteiger charge is 2.09. The summed E-state index contributed by atoms with van der Waals surface area (Å²) in [5.41, 5.74) is 3.83. The molecule has 1 N–H and O–H groups in total. The summed E-state index contributed by atoms with van der Waals surface area (Å²) in [6.45, 7) is 2.06. The minimum Gasteiger partial charge on any atom is -0.506 e. The Morgan fingerprint density at radius 3 is 2.56 bits per heavy atom. The van der Waals surface area contributed by atoms with E-state index >= 15 is 0 Å². The van der Waals surface area contributed by atoms with Gasteiger partial charge < -0.3 is 5.11 Å². The molecule has 0 atom stereocenters. The smallest absolute Gasteiger partial charge is 0.205 e. The van der Waals surface area contributed by atoms with Crippen LogP contribution >= 0.6 is 43.2 Å². The Morgan fingerprint density at radius 2 is 1.88 bits per heavy atom. The lowest BCUT2D eigenvalue weighted by atomic mass is 10.1. The summed E-state index contributed by atoms with van der Waals surface area (Å²) in [6.07, 6.45) is 1.63. The van der Waals surface area contributed by atoms with Gasteiger partial charge in [-0.1, -0.05) is 45.8 Å². The Bertz CT molecular complexity index is 1000. The van der Waals surface area contributed by atoms with Gasteiger partial charge in [0.25, 0.3) is 0 Å². The molecule has 3 aromatic rings. The van der Waals surface area contributed by atoms with Crippen LogP contribution in [0.15, 0.2) is 60.8 Å². The van der Waals surface area contributed by atoms with E-state index in [-0.39, 0.29) is 5.75 Å². The van der Waals surface area contributed by atoms with Gasteiger partial charge in [-0.3, -0.25) is 4.99 Å². The van der Waals surface area contributed by atoms with E-state index in [1.165, 1.54) is 16.9 Å². The maximum Gasteiger partial charge on any atom is 0.205 e. The first-order valence-electron chi connectivity index (χ1n) is 7.42. The second kappa shape index (κ2) is 7.68. The third-order valence-electron chi connectivity index (χ3n) is 3.59. The first-order valence-corrected chi connectivity index (χ1v) is 9.89. The van der Waals surface area contributed by atoms with Crippen LogP contribution in [0.25, 0.3) is 11.3 Å². The molecule has 1 aromatic heterocycles. The number of aromatic hydroxyl groups is 1. The molecule has 0 amide bonds. The van der Waals surface area contributed by atoms with Crippen molar-refractivity contribution < 1.29 is 5.11 Å². The normalized spacial score (nSPS) is 12.2. The SMILES string of the molecule is CN=c1scc(-c2ccc(C)cc2)n1N=Cc1cc(Br)cc(Br)c1O. The third-order valence-corrected chi connectivity index (χ3v) is 5.56. The second-order valence-corrected chi connectivity index (χ2v) is 7.98. The number of nitrogens with zero attached hydrogens (tertiary/aromatic N) is 3. The van der Waals surface area contributed by atoms with Gasteiger partial charge in [0, 0.05) is 28.0 Å².